The molecule has 0 bridgehead atoms. The third-order valence-corrected chi connectivity index (χ3v) is 4.20. The van der Waals surface area contributed by atoms with Crippen molar-refractivity contribution in [1.29, 1.82) is 0 Å². The zero-order chi connectivity index (χ0) is 19.3. The summed E-state index contributed by atoms with van der Waals surface area (Å²) in [5, 5.41) is 0. The van der Waals surface area contributed by atoms with Crippen LogP contribution >= 0.6 is 0 Å². The summed E-state index contributed by atoms with van der Waals surface area (Å²) in [6.07, 6.45) is -0.761. The fourth-order valence-electron chi connectivity index (χ4n) is 2.35. The first-order valence-electron chi connectivity index (χ1n) is 8.31. The monoisotopic (exact) mass is 356 g/mol. The highest BCUT2D eigenvalue weighted by Crippen LogP contribution is 2.22. The highest BCUT2D eigenvalue weighted by atomic mass is 16.5. The van der Waals surface area contributed by atoms with E-state index in [1.807, 2.05) is 39.0 Å². The van der Waals surface area contributed by atoms with Gasteiger partial charge in [0.05, 0.1) is 7.11 Å². The van der Waals surface area contributed by atoms with Gasteiger partial charge in [-0.25, -0.2) is 0 Å². The van der Waals surface area contributed by atoms with Gasteiger partial charge in [0.15, 0.2) is 6.10 Å². The van der Waals surface area contributed by atoms with Crippen molar-refractivity contribution in [2.75, 3.05) is 7.11 Å². The summed E-state index contributed by atoms with van der Waals surface area (Å²) in [6.45, 7) is 7.41. The Morgan fingerprint density at radius 1 is 0.962 bits per heavy atom. The van der Waals surface area contributed by atoms with Crippen molar-refractivity contribution in [3.05, 3.63) is 58.7 Å². The number of hydrogen-bond donors (Lipinski definition) is 2. The number of hydrogen-bond acceptors (Lipinski definition) is 4. The van der Waals surface area contributed by atoms with E-state index in [9.17, 15) is 9.59 Å². The lowest BCUT2D eigenvalue weighted by atomic mass is 10.1. The SMILES string of the molecule is COc1cc(C(=O)NNC(=O)[C@@H](C)Oc2cccc(C)c2C)ccc1C. The van der Waals surface area contributed by atoms with Crippen molar-refractivity contribution in [2.45, 2.75) is 33.8 Å². The molecule has 0 spiro atoms. The van der Waals surface area contributed by atoms with Crippen LogP contribution in [-0.2, 0) is 4.79 Å². The number of nitrogens with one attached hydrogen (secondary N) is 2. The zero-order valence-corrected chi connectivity index (χ0v) is 15.7. The van der Waals surface area contributed by atoms with E-state index in [0.717, 1.165) is 16.7 Å². The van der Waals surface area contributed by atoms with Crippen molar-refractivity contribution in [2.24, 2.45) is 0 Å². The second-order valence-corrected chi connectivity index (χ2v) is 6.09. The Morgan fingerprint density at radius 2 is 1.69 bits per heavy atom. The van der Waals surface area contributed by atoms with Gasteiger partial charge in [0.25, 0.3) is 11.8 Å². The predicted molar refractivity (Wildman–Crippen MR) is 99.3 cm³/mol. The Hall–Kier alpha value is -3.02. The molecule has 0 aliphatic carbocycles. The first-order chi connectivity index (χ1) is 12.3. The second kappa shape index (κ2) is 8.38. The van der Waals surface area contributed by atoms with E-state index in [1.54, 1.807) is 25.1 Å². The van der Waals surface area contributed by atoms with E-state index in [2.05, 4.69) is 10.9 Å². The summed E-state index contributed by atoms with van der Waals surface area (Å²) in [5.41, 5.74) is 8.13. The summed E-state index contributed by atoms with van der Waals surface area (Å²) >= 11 is 0. The fraction of sp³-hybridized carbons (Fsp3) is 0.300. The third kappa shape index (κ3) is 4.53. The molecule has 2 rings (SSSR count). The summed E-state index contributed by atoms with van der Waals surface area (Å²) in [5.74, 6) is 0.367. The summed E-state index contributed by atoms with van der Waals surface area (Å²) in [7, 11) is 1.54. The number of benzene rings is 2. The van der Waals surface area contributed by atoms with E-state index in [1.165, 1.54) is 7.11 Å². The van der Waals surface area contributed by atoms with Gasteiger partial charge in [0, 0.05) is 5.56 Å². The molecule has 0 aliphatic rings. The minimum absolute atomic E-state index is 0.385. The average Bonchev–Trinajstić information content (AvgIpc) is 2.63. The maximum Gasteiger partial charge on any atom is 0.279 e. The van der Waals surface area contributed by atoms with Gasteiger partial charge in [-0.15, -0.1) is 0 Å². The third-order valence-electron chi connectivity index (χ3n) is 4.20. The molecule has 6 nitrogen and oxygen atoms in total. The van der Waals surface area contributed by atoms with E-state index in [-0.39, 0.29) is 0 Å². The van der Waals surface area contributed by atoms with E-state index >= 15 is 0 Å². The maximum absolute atomic E-state index is 12.2. The number of rotatable bonds is 5. The first-order valence-corrected chi connectivity index (χ1v) is 8.31. The fourth-order valence-corrected chi connectivity index (χ4v) is 2.35. The molecule has 2 aromatic rings. The van der Waals surface area contributed by atoms with Crippen LogP contribution in [0, 0.1) is 20.8 Å². The largest absolute Gasteiger partial charge is 0.496 e. The van der Waals surface area contributed by atoms with Gasteiger partial charge in [0.1, 0.15) is 11.5 Å². The molecule has 138 valence electrons. The summed E-state index contributed by atoms with van der Waals surface area (Å²) in [6, 6.07) is 10.7. The number of hydrazine groups is 1. The Kier molecular flexibility index (Phi) is 6.22. The van der Waals surface area contributed by atoms with E-state index in [4.69, 9.17) is 9.47 Å². The molecule has 0 radical (unpaired) electrons. The first kappa shape index (κ1) is 19.3. The quantitative estimate of drug-likeness (QED) is 0.808. The Labute approximate surface area is 153 Å². The molecule has 1 atom stereocenters. The molecular formula is C20H24N2O4. The van der Waals surface area contributed by atoms with Crippen LogP contribution in [0.15, 0.2) is 36.4 Å². The molecule has 2 aromatic carbocycles. The zero-order valence-electron chi connectivity index (χ0n) is 15.7. The van der Waals surface area contributed by atoms with Gasteiger partial charge >= 0.3 is 0 Å². The van der Waals surface area contributed by atoms with Crippen LogP contribution < -0.4 is 20.3 Å². The van der Waals surface area contributed by atoms with Crippen molar-refractivity contribution < 1.29 is 19.1 Å². The molecule has 6 heteroatoms. The normalized spacial score (nSPS) is 11.4. The van der Waals surface area contributed by atoms with Gasteiger partial charge in [-0.3, -0.25) is 20.4 Å². The molecule has 0 unspecified atom stereocenters. The molecule has 2 N–H and O–H groups in total. The van der Waals surface area contributed by atoms with Crippen LogP contribution in [-0.4, -0.2) is 25.0 Å². The minimum Gasteiger partial charge on any atom is -0.496 e. The lowest BCUT2D eigenvalue weighted by Crippen LogP contribution is -2.47. The molecule has 0 aliphatic heterocycles. The van der Waals surface area contributed by atoms with E-state index < -0.39 is 17.9 Å². The Bertz CT molecular complexity index is 817. The Morgan fingerprint density at radius 3 is 2.38 bits per heavy atom. The number of amides is 2. The highest BCUT2D eigenvalue weighted by molar-refractivity contribution is 5.96. The molecule has 0 fully saturated rings. The van der Waals surface area contributed by atoms with Gasteiger partial charge in [0.2, 0.25) is 0 Å². The summed E-state index contributed by atoms with van der Waals surface area (Å²) < 4.78 is 10.9. The van der Waals surface area contributed by atoms with Crippen LogP contribution in [0.2, 0.25) is 0 Å². The topological polar surface area (TPSA) is 76.7 Å². The lowest BCUT2D eigenvalue weighted by molar-refractivity contribution is -0.128. The van der Waals surface area contributed by atoms with Crippen LogP contribution in [0.5, 0.6) is 11.5 Å². The maximum atomic E-state index is 12.2. The number of carbonyl (C=O) groups excluding carboxylic acids is 2. The average molecular weight is 356 g/mol. The smallest absolute Gasteiger partial charge is 0.279 e. The molecule has 2 amide bonds. The number of ether oxygens (including phenoxy) is 2. The Balaban J connectivity index is 1.95. The number of methoxy groups -OCH3 is 1. The van der Waals surface area contributed by atoms with Crippen molar-refractivity contribution in [3.63, 3.8) is 0 Å². The molecule has 0 saturated heterocycles. The lowest BCUT2D eigenvalue weighted by Gasteiger charge is -2.17. The van der Waals surface area contributed by atoms with Crippen LogP contribution in [0.4, 0.5) is 0 Å². The standard InChI is InChI=1S/C20H24N2O4/c1-12-7-6-8-17(14(12)3)26-15(4)19(23)21-22-20(24)16-10-9-13(2)18(11-16)25-5/h6-11,15H,1-5H3,(H,21,23)(H,22,24)/t15-/m1/s1. The van der Waals surface area contributed by atoms with E-state index in [0.29, 0.717) is 17.1 Å². The minimum atomic E-state index is -0.761. The van der Waals surface area contributed by atoms with Crippen molar-refractivity contribution in [1.82, 2.24) is 10.9 Å². The molecule has 0 heterocycles. The summed E-state index contributed by atoms with van der Waals surface area (Å²) in [4.78, 5) is 24.4. The molecule has 26 heavy (non-hydrogen) atoms. The number of aryl methyl sites for hydroxylation is 2. The molecule has 0 aromatic heterocycles. The molecule has 0 saturated carbocycles. The van der Waals surface area contributed by atoms with Gasteiger partial charge < -0.3 is 9.47 Å². The van der Waals surface area contributed by atoms with Crippen molar-refractivity contribution >= 4 is 11.8 Å². The van der Waals surface area contributed by atoms with Crippen LogP contribution in [0.3, 0.4) is 0 Å². The van der Waals surface area contributed by atoms with Crippen molar-refractivity contribution in [3.8, 4) is 11.5 Å². The van der Waals surface area contributed by atoms with Crippen LogP contribution in [0.1, 0.15) is 34.0 Å². The van der Waals surface area contributed by atoms with Gasteiger partial charge in [-0.1, -0.05) is 18.2 Å². The second-order valence-electron chi connectivity index (χ2n) is 6.09. The molecular weight excluding hydrogens is 332 g/mol. The van der Waals surface area contributed by atoms with Gasteiger partial charge in [-0.05, 0) is 62.6 Å². The predicted octanol–water partition coefficient (Wildman–Crippen LogP) is 2.85. The van der Waals surface area contributed by atoms with Crippen LogP contribution in [0.25, 0.3) is 0 Å². The highest BCUT2D eigenvalue weighted by Gasteiger charge is 2.17. The number of carbonyl (C=O) groups is 2. The van der Waals surface area contributed by atoms with Gasteiger partial charge in [-0.2, -0.15) is 0 Å².